The van der Waals surface area contributed by atoms with Crippen molar-refractivity contribution < 1.29 is 36.3 Å². The molecule has 0 atom stereocenters. The molecular weight excluding hydrogens is 446 g/mol. The summed E-state index contributed by atoms with van der Waals surface area (Å²) >= 11 is 0. The van der Waals surface area contributed by atoms with Crippen molar-refractivity contribution in [3.63, 3.8) is 0 Å². The van der Waals surface area contributed by atoms with Crippen LogP contribution < -0.4 is 4.74 Å². The minimum Gasteiger partial charge on any atom is -0.452 e. The lowest BCUT2D eigenvalue weighted by Crippen LogP contribution is -2.51. The largest absolute Gasteiger partial charge is 0.452 e. The second-order valence-electron chi connectivity index (χ2n) is 7.08. The molecule has 0 bridgehead atoms. The SMILES string of the molecule is Cc1ccc(S(=O)(=O)N2CCN(C(=O)COC(=O)c3cccc(OC(F)F)c3)CC2)cc1. The van der Waals surface area contributed by atoms with E-state index in [0.717, 1.165) is 11.6 Å². The molecule has 0 aromatic heterocycles. The molecule has 2 aromatic carbocycles. The fraction of sp³-hybridized carbons (Fsp3) is 0.333. The fourth-order valence-electron chi connectivity index (χ4n) is 3.14. The van der Waals surface area contributed by atoms with E-state index in [0.29, 0.717) is 0 Å². The van der Waals surface area contributed by atoms with E-state index in [2.05, 4.69) is 4.74 Å². The van der Waals surface area contributed by atoms with Crippen molar-refractivity contribution >= 4 is 21.9 Å². The molecule has 2 aromatic rings. The van der Waals surface area contributed by atoms with E-state index in [1.807, 2.05) is 6.92 Å². The third kappa shape index (κ3) is 5.80. The van der Waals surface area contributed by atoms with Gasteiger partial charge >= 0.3 is 12.6 Å². The molecule has 1 amide bonds. The predicted molar refractivity (Wildman–Crippen MR) is 110 cm³/mol. The smallest absolute Gasteiger partial charge is 0.387 e. The summed E-state index contributed by atoms with van der Waals surface area (Å²) < 4.78 is 60.6. The van der Waals surface area contributed by atoms with E-state index >= 15 is 0 Å². The number of carbonyl (C=O) groups is 2. The number of alkyl halides is 2. The van der Waals surface area contributed by atoms with Gasteiger partial charge in [0.05, 0.1) is 10.5 Å². The van der Waals surface area contributed by atoms with Crippen molar-refractivity contribution in [3.8, 4) is 5.75 Å². The van der Waals surface area contributed by atoms with Crippen LogP contribution in [-0.4, -0.2) is 68.9 Å². The number of piperazine rings is 1. The van der Waals surface area contributed by atoms with Gasteiger partial charge in [0.25, 0.3) is 5.91 Å². The molecule has 32 heavy (non-hydrogen) atoms. The van der Waals surface area contributed by atoms with Crippen LogP contribution in [0.3, 0.4) is 0 Å². The van der Waals surface area contributed by atoms with Crippen LogP contribution in [0.4, 0.5) is 8.78 Å². The lowest BCUT2D eigenvalue weighted by Gasteiger charge is -2.33. The van der Waals surface area contributed by atoms with E-state index < -0.39 is 35.1 Å². The van der Waals surface area contributed by atoms with Crippen molar-refractivity contribution in [2.75, 3.05) is 32.8 Å². The highest BCUT2D eigenvalue weighted by Crippen LogP contribution is 2.19. The average molecular weight is 468 g/mol. The van der Waals surface area contributed by atoms with Crippen molar-refractivity contribution in [2.45, 2.75) is 18.4 Å². The van der Waals surface area contributed by atoms with Crippen LogP contribution in [0.25, 0.3) is 0 Å². The fourth-order valence-corrected chi connectivity index (χ4v) is 4.56. The van der Waals surface area contributed by atoms with E-state index in [9.17, 15) is 26.8 Å². The molecule has 0 unspecified atom stereocenters. The first-order valence-corrected chi connectivity index (χ1v) is 11.2. The maximum absolute atomic E-state index is 12.7. The quantitative estimate of drug-likeness (QED) is 0.579. The number of carbonyl (C=O) groups excluding carboxylic acids is 2. The average Bonchev–Trinajstić information content (AvgIpc) is 2.77. The second kappa shape index (κ2) is 10.0. The van der Waals surface area contributed by atoms with Crippen LogP contribution in [0.15, 0.2) is 53.4 Å². The molecule has 0 saturated carbocycles. The molecule has 3 rings (SSSR count). The van der Waals surface area contributed by atoms with E-state index in [1.165, 1.54) is 27.4 Å². The van der Waals surface area contributed by atoms with Crippen LogP contribution in [0.5, 0.6) is 5.75 Å². The summed E-state index contributed by atoms with van der Waals surface area (Å²) in [6.45, 7) is -1.19. The van der Waals surface area contributed by atoms with Gasteiger partial charge in [0.2, 0.25) is 10.0 Å². The first kappa shape index (κ1) is 23.6. The maximum atomic E-state index is 12.7. The zero-order chi connectivity index (χ0) is 23.3. The second-order valence-corrected chi connectivity index (χ2v) is 9.02. The van der Waals surface area contributed by atoms with Gasteiger partial charge in [-0.3, -0.25) is 4.79 Å². The molecule has 172 valence electrons. The van der Waals surface area contributed by atoms with Crippen molar-refractivity contribution in [3.05, 3.63) is 59.7 Å². The highest BCUT2D eigenvalue weighted by molar-refractivity contribution is 7.89. The summed E-state index contributed by atoms with van der Waals surface area (Å²) in [4.78, 5) is 26.1. The van der Waals surface area contributed by atoms with Gasteiger partial charge in [-0.15, -0.1) is 0 Å². The molecule has 11 heteroatoms. The molecule has 0 radical (unpaired) electrons. The molecule has 0 N–H and O–H groups in total. The first-order valence-electron chi connectivity index (χ1n) is 9.73. The number of sulfonamides is 1. The molecule has 0 spiro atoms. The van der Waals surface area contributed by atoms with Crippen LogP contribution in [-0.2, 0) is 19.6 Å². The Hall–Kier alpha value is -3.05. The predicted octanol–water partition coefficient (Wildman–Crippen LogP) is 2.29. The summed E-state index contributed by atoms with van der Waals surface area (Å²) in [7, 11) is -3.66. The number of hydrogen-bond acceptors (Lipinski definition) is 6. The number of ether oxygens (including phenoxy) is 2. The summed E-state index contributed by atoms with van der Waals surface area (Å²) in [5.41, 5.74) is 0.909. The third-order valence-electron chi connectivity index (χ3n) is 4.87. The topological polar surface area (TPSA) is 93.2 Å². The highest BCUT2D eigenvalue weighted by atomic mass is 32.2. The Bertz CT molecular complexity index is 1070. The van der Waals surface area contributed by atoms with E-state index in [1.54, 1.807) is 24.3 Å². The summed E-state index contributed by atoms with van der Waals surface area (Å²) in [5.74, 6) is -1.55. The van der Waals surface area contributed by atoms with Crippen LogP contribution in [0.2, 0.25) is 0 Å². The third-order valence-corrected chi connectivity index (χ3v) is 6.78. The first-order chi connectivity index (χ1) is 15.2. The van der Waals surface area contributed by atoms with Crippen LogP contribution in [0, 0.1) is 6.92 Å². The van der Waals surface area contributed by atoms with Crippen LogP contribution >= 0.6 is 0 Å². The zero-order valence-corrected chi connectivity index (χ0v) is 18.1. The Morgan fingerprint density at radius 1 is 1.03 bits per heavy atom. The number of aryl methyl sites for hydroxylation is 1. The van der Waals surface area contributed by atoms with Gasteiger partial charge < -0.3 is 14.4 Å². The van der Waals surface area contributed by atoms with Gasteiger partial charge in [-0.05, 0) is 37.3 Å². The zero-order valence-electron chi connectivity index (χ0n) is 17.2. The van der Waals surface area contributed by atoms with Gasteiger partial charge in [0.1, 0.15) is 5.75 Å². The molecule has 8 nitrogen and oxygen atoms in total. The Morgan fingerprint density at radius 2 is 1.69 bits per heavy atom. The summed E-state index contributed by atoms with van der Waals surface area (Å²) in [6, 6.07) is 11.6. The molecular formula is C21H22F2N2O6S. The minimum absolute atomic E-state index is 0.0371. The van der Waals surface area contributed by atoms with Gasteiger partial charge in [0.15, 0.2) is 6.61 Å². The number of halogens is 2. The number of esters is 1. The molecule has 0 aliphatic carbocycles. The maximum Gasteiger partial charge on any atom is 0.387 e. The Balaban J connectivity index is 1.51. The Kier molecular flexibility index (Phi) is 7.41. The van der Waals surface area contributed by atoms with Gasteiger partial charge in [-0.25, -0.2) is 13.2 Å². The van der Waals surface area contributed by atoms with Crippen molar-refractivity contribution in [1.82, 2.24) is 9.21 Å². The normalized spacial score (nSPS) is 14.9. The Morgan fingerprint density at radius 3 is 2.31 bits per heavy atom. The number of amides is 1. The van der Waals surface area contributed by atoms with E-state index in [4.69, 9.17) is 4.74 Å². The molecule has 1 saturated heterocycles. The lowest BCUT2D eigenvalue weighted by molar-refractivity contribution is -0.135. The van der Waals surface area contributed by atoms with Gasteiger partial charge in [-0.2, -0.15) is 13.1 Å². The molecule has 1 aliphatic heterocycles. The number of hydrogen-bond donors (Lipinski definition) is 0. The Labute approximate surface area is 184 Å². The highest BCUT2D eigenvalue weighted by Gasteiger charge is 2.30. The molecule has 1 fully saturated rings. The summed E-state index contributed by atoms with van der Waals surface area (Å²) in [5, 5.41) is 0. The van der Waals surface area contributed by atoms with Crippen LogP contribution in [0.1, 0.15) is 15.9 Å². The lowest BCUT2D eigenvalue weighted by atomic mass is 10.2. The monoisotopic (exact) mass is 468 g/mol. The number of rotatable bonds is 7. The molecule has 1 aliphatic rings. The standard InChI is InChI=1S/C21H22F2N2O6S/c1-15-5-7-18(8-6-15)32(28,29)25-11-9-24(10-12-25)19(26)14-30-20(27)16-3-2-4-17(13-16)31-21(22)23/h2-8,13,21H,9-12,14H2,1H3. The number of benzene rings is 2. The molecule has 1 heterocycles. The minimum atomic E-state index is -3.66. The van der Waals surface area contributed by atoms with E-state index in [-0.39, 0.29) is 42.4 Å². The summed E-state index contributed by atoms with van der Waals surface area (Å²) in [6.07, 6.45) is 0. The van der Waals surface area contributed by atoms with Gasteiger partial charge in [-0.1, -0.05) is 23.8 Å². The van der Waals surface area contributed by atoms with Crippen molar-refractivity contribution in [2.24, 2.45) is 0 Å². The van der Waals surface area contributed by atoms with Crippen molar-refractivity contribution in [1.29, 1.82) is 0 Å². The van der Waals surface area contributed by atoms with Gasteiger partial charge in [0, 0.05) is 26.2 Å². The number of nitrogens with zero attached hydrogens (tertiary/aromatic N) is 2.